The lowest BCUT2D eigenvalue weighted by atomic mass is 10.1. The minimum absolute atomic E-state index is 0.341. The van der Waals surface area contributed by atoms with Crippen LogP contribution in [0.5, 0.6) is 0 Å². The van der Waals surface area contributed by atoms with Crippen molar-refractivity contribution in [3.05, 3.63) is 64.7 Å². The molecule has 0 spiro atoms. The molecular weight excluding hydrogens is 264 g/mol. The molecule has 0 aliphatic carbocycles. The van der Waals surface area contributed by atoms with E-state index >= 15 is 0 Å². The highest BCUT2D eigenvalue weighted by atomic mass is 35.5. The lowest BCUT2D eigenvalue weighted by Crippen LogP contribution is -2.13. The zero-order chi connectivity index (χ0) is 13.0. The molecule has 0 aliphatic heterocycles. The normalized spacial score (nSPS) is 10.1. The fraction of sp³-hybridized carbons (Fsp3) is 0.0714. The first-order valence-electron chi connectivity index (χ1n) is 5.54. The van der Waals surface area contributed by atoms with Crippen molar-refractivity contribution < 1.29 is 0 Å². The number of hydrogen-bond donors (Lipinski definition) is 2. The topological polar surface area (TPSA) is 38.0 Å². The molecule has 2 aromatic rings. The van der Waals surface area contributed by atoms with Crippen LogP contribution in [0.4, 0.5) is 5.69 Å². The van der Waals surface area contributed by atoms with Crippen LogP contribution in [-0.4, -0.2) is 4.99 Å². The number of rotatable bonds is 4. The number of hydrogen-bond acceptors (Lipinski definition) is 2. The van der Waals surface area contributed by atoms with Gasteiger partial charge in [-0.1, -0.05) is 54.2 Å². The third-order valence-electron chi connectivity index (χ3n) is 2.57. The summed E-state index contributed by atoms with van der Waals surface area (Å²) in [4.78, 5) is 0.341. The van der Waals surface area contributed by atoms with E-state index in [-0.39, 0.29) is 0 Å². The molecule has 0 amide bonds. The van der Waals surface area contributed by atoms with Crippen molar-refractivity contribution >= 4 is 34.5 Å². The van der Waals surface area contributed by atoms with Crippen LogP contribution in [0.25, 0.3) is 0 Å². The van der Waals surface area contributed by atoms with E-state index in [1.54, 1.807) is 6.07 Å². The van der Waals surface area contributed by atoms with Crippen molar-refractivity contribution in [2.45, 2.75) is 6.54 Å². The van der Waals surface area contributed by atoms with Crippen molar-refractivity contribution in [3.8, 4) is 0 Å². The van der Waals surface area contributed by atoms with Crippen LogP contribution in [0, 0.1) is 0 Å². The van der Waals surface area contributed by atoms with Gasteiger partial charge in [0.25, 0.3) is 0 Å². The SMILES string of the molecule is NC(=S)c1cc(Cl)ccc1NCc1ccccc1. The van der Waals surface area contributed by atoms with Crippen molar-refractivity contribution in [2.75, 3.05) is 5.32 Å². The summed E-state index contributed by atoms with van der Waals surface area (Å²) in [7, 11) is 0. The van der Waals surface area contributed by atoms with Gasteiger partial charge in [-0.25, -0.2) is 0 Å². The molecule has 0 fully saturated rings. The van der Waals surface area contributed by atoms with E-state index in [9.17, 15) is 0 Å². The molecule has 0 heterocycles. The molecule has 92 valence electrons. The molecule has 2 aromatic carbocycles. The molecule has 2 nitrogen and oxygen atoms in total. The average molecular weight is 277 g/mol. The van der Waals surface area contributed by atoms with E-state index < -0.39 is 0 Å². The second-order valence-corrected chi connectivity index (χ2v) is 4.77. The molecule has 2 rings (SSSR count). The van der Waals surface area contributed by atoms with Crippen LogP contribution in [0.2, 0.25) is 5.02 Å². The van der Waals surface area contributed by atoms with Gasteiger partial charge < -0.3 is 11.1 Å². The molecule has 0 saturated heterocycles. The van der Waals surface area contributed by atoms with Crippen LogP contribution in [0.3, 0.4) is 0 Å². The maximum absolute atomic E-state index is 5.94. The standard InChI is InChI=1S/C14H13ClN2S/c15-11-6-7-13(12(8-11)14(16)18)17-9-10-4-2-1-3-5-10/h1-8,17H,9H2,(H2,16,18). The Morgan fingerprint density at radius 2 is 1.89 bits per heavy atom. The summed E-state index contributed by atoms with van der Waals surface area (Å²) in [5.41, 5.74) is 8.55. The van der Waals surface area contributed by atoms with Gasteiger partial charge in [-0.15, -0.1) is 0 Å². The number of anilines is 1. The Morgan fingerprint density at radius 3 is 2.56 bits per heavy atom. The van der Waals surface area contributed by atoms with Gasteiger partial charge in [0.1, 0.15) is 4.99 Å². The third kappa shape index (κ3) is 3.22. The summed E-state index contributed by atoms with van der Waals surface area (Å²) in [5.74, 6) is 0. The van der Waals surface area contributed by atoms with E-state index in [0.29, 0.717) is 10.0 Å². The molecule has 0 bridgehead atoms. The molecule has 0 radical (unpaired) electrons. The molecular formula is C14H13ClN2S. The zero-order valence-corrected chi connectivity index (χ0v) is 11.3. The molecule has 4 heteroatoms. The monoisotopic (exact) mass is 276 g/mol. The summed E-state index contributed by atoms with van der Waals surface area (Å²) >= 11 is 11.0. The maximum Gasteiger partial charge on any atom is 0.106 e. The summed E-state index contributed by atoms with van der Waals surface area (Å²) in [6.07, 6.45) is 0. The Labute approximate surface area is 117 Å². The maximum atomic E-state index is 5.94. The molecule has 0 atom stereocenters. The molecule has 0 unspecified atom stereocenters. The molecule has 18 heavy (non-hydrogen) atoms. The first kappa shape index (κ1) is 12.9. The third-order valence-corrected chi connectivity index (χ3v) is 3.03. The van der Waals surface area contributed by atoms with Gasteiger partial charge in [-0.05, 0) is 23.8 Å². The summed E-state index contributed by atoms with van der Waals surface area (Å²) < 4.78 is 0. The summed E-state index contributed by atoms with van der Waals surface area (Å²) in [6.45, 7) is 0.720. The Balaban J connectivity index is 2.17. The van der Waals surface area contributed by atoms with Gasteiger partial charge >= 0.3 is 0 Å². The number of halogens is 1. The Morgan fingerprint density at radius 1 is 1.17 bits per heavy atom. The Kier molecular flexibility index (Phi) is 4.18. The van der Waals surface area contributed by atoms with E-state index in [1.807, 2.05) is 30.3 Å². The van der Waals surface area contributed by atoms with Gasteiger partial charge in [-0.2, -0.15) is 0 Å². The fourth-order valence-electron chi connectivity index (χ4n) is 1.67. The lowest BCUT2D eigenvalue weighted by Gasteiger charge is -2.11. The van der Waals surface area contributed by atoms with Crippen LogP contribution < -0.4 is 11.1 Å². The predicted octanol–water partition coefficient (Wildman–Crippen LogP) is 3.59. The Hall–Kier alpha value is -1.58. The van der Waals surface area contributed by atoms with E-state index in [2.05, 4.69) is 17.4 Å². The highest BCUT2D eigenvalue weighted by Gasteiger charge is 2.05. The quantitative estimate of drug-likeness (QED) is 0.838. The first-order valence-corrected chi connectivity index (χ1v) is 6.32. The fourth-order valence-corrected chi connectivity index (χ4v) is 2.01. The highest BCUT2D eigenvalue weighted by Crippen LogP contribution is 2.21. The second-order valence-electron chi connectivity index (χ2n) is 3.89. The van der Waals surface area contributed by atoms with E-state index in [4.69, 9.17) is 29.6 Å². The van der Waals surface area contributed by atoms with E-state index in [1.165, 1.54) is 5.56 Å². The van der Waals surface area contributed by atoms with Gasteiger partial charge in [0, 0.05) is 22.8 Å². The second kappa shape index (κ2) is 5.85. The van der Waals surface area contributed by atoms with Crippen molar-refractivity contribution in [3.63, 3.8) is 0 Å². The lowest BCUT2D eigenvalue weighted by molar-refractivity contribution is 1.15. The van der Waals surface area contributed by atoms with Crippen LogP contribution in [0.15, 0.2) is 48.5 Å². The number of nitrogens with one attached hydrogen (secondary N) is 1. The average Bonchev–Trinajstić information content (AvgIpc) is 2.38. The zero-order valence-electron chi connectivity index (χ0n) is 9.69. The van der Waals surface area contributed by atoms with Crippen LogP contribution in [0.1, 0.15) is 11.1 Å². The van der Waals surface area contributed by atoms with Crippen LogP contribution >= 0.6 is 23.8 Å². The number of thiocarbonyl (C=S) groups is 1. The van der Waals surface area contributed by atoms with E-state index in [0.717, 1.165) is 17.8 Å². The van der Waals surface area contributed by atoms with Gasteiger partial charge in [0.2, 0.25) is 0 Å². The smallest absolute Gasteiger partial charge is 0.106 e. The largest absolute Gasteiger partial charge is 0.389 e. The summed E-state index contributed by atoms with van der Waals surface area (Å²) in [6, 6.07) is 15.6. The summed E-state index contributed by atoms with van der Waals surface area (Å²) in [5, 5.41) is 3.94. The van der Waals surface area contributed by atoms with Crippen molar-refractivity contribution in [1.82, 2.24) is 0 Å². The number of nitrogens with two attached hydrogens (primary N) is 1. The molecule has 0 aromatic heterocycles. The highest BCUT2D eigenvalue weighted by molar-refractivity contribution is 7.80. The van der Waals surface area contributed by atoms with Gasteiger partial charge in [0.05, 0.1) is 0 Å². The minimum Gasteiger partial charge on any atom is -0.389 e. The molecule has 3 N–H and O–H groups in total. The minimum atomic E-state index is 0.341. The molecule has 0 saturated carbocycles. The van der Waals surface area contributed by atoms with Crippen LogP contribution in [-0.2, 0) is 6.54 Å². The van der Waals surface area contributed by atoms with Gasteiger partial charge in [0.15, 0.2) is 0 Å². The Bertz CT molecular complexity index is 555. The van der Waals surface area contributed by atoms with Gasteiger partial charge in [-0.3, -0.25) is 0 Å². The first-order chi connectivity index (χ1) is 8.66. The number of benzene rings is 2. The molecule has 0 aliphatic rings. The van der Waals surface area contributed by atoms with Crippen molar-refractivity contribution in [1.29, 1.82) is 0 Å². The van der Waals surface area contributed by atoms with Crippen molar-refractivity contribution in [2.24, 2.45) is 5.73 Å². The predicted molar refractivity (Wildman–Crippen MR) is 81.1 cm³/mol.